The summed E-state index contributed by atoms with van der Waals surface area (Å²) in [7, 11) is 0. The Morgan fingerprint density at radius 1 is 1.09 bits per heavy atom. The summed E-state index contributed by atoms with van der Waals surface area (Å²) in [5.74, 6) is 1.26. The van der Waals surface area contributed by atoms with E-state index in [1.165, 1.54) is 12.1 Å². The SMILES string of the molecule is Fc1ccc(CNC(=S)NC[C@@H]2COc3ccccc3O2)cc1. The van der Waals surface area contributed by atoms with Crippen molar-refractivity contribution in [3.8, 4) is 11.5 Å². The molecule has 1 aliphatic heterocycles. The van der Waals surface area contributed by atoms with Crippen LogP contribution in [0.4, 0.5) is 4.39 Å². The second-order valence-corrected chi connectivity index (χ2v) is 5.60. The number of thiocarbonyl (C=S) groups is 1. The van der Waals surface area contributed by atoms with Crippen LogP contribution in [-0.4, -0.2) is 24.4 Å². The highest BCUT2D eigenvalue weighted by Gasteiger charge is 2.20. The number of para-hydroxylation sites is 2. The zero-order chi connectivity index (χ0) is 16.1. The minimum atomic E-state index is -0.246. The van der Waals surface area contributed by atoms with E-state index in [9.17, 15) is 4.39 Å². The number of benzene rings is 2. The van der Waals surface area contributed by atoms with E-state index >= 15 is 0 Å². The van der Waals surface area contributed by atoms with Crippen molar-refractivity contribution in [1.82, 2.24) is 10.6 Å². The molecule has 0 radical (unpaired) electrons. The Morgan fingerprint density at radius 2 is 1.83 bits per heavy atom. The maximum atomic E-state index is 12.8. The van der Waals surface area contributed by atoms with Gasteiger partial charge in [-0.25, -0.2) is 4.39 Å². The Balaban J connectivity index is 1.42. The van der Waals surface area contributed by atoms with Crippen molar-refractivity contribution in [3.05, 3.63) is 59.9 Å². The fraction of sp³-hybridized carbons (Fsp3) is 0.235. The van der Waals surface area contributed by atoms with Crippen LogP contribution < -0.4 is 20.1 Å². The molecule has 6 heteroatoms. The van der Waals surface area contributed by atoms with Crippen LogP contribution in [-0.2, 0) is 6.54 Å². The summed E-state index contributed by atoms with van der Waals surface area (Å²) in [6.07, 6.45) is -0.101. The lowest BCUT2D eigenvalue weighted by atomic mass is 10.2. The van der Waals surface area contributed by atoms with Crippen molar-refractivity contribution in [3.63, 3.8) is 0 Å². The van der Waals surface area contributed by atoms with Crippen molar-refractivity contribution >= 4 is 17.3 Å². The molecule has 0 spiro atoms. The van der Waals surface area contributed by atoms with Crippen molar-refractivity contribution in [2.75, 3.05) is 13.2 Å². The summed E-state index contributed by atoms with van der Waals surface area (Å²) >= 11 is 5.23. The molecule has 23 heavy (non-hydrogen) atoms. The predicted octanol–water partition coefficient (Wildman–Crippen LogP) is 2.63. The fourth-order valence-corrected chi connectivity index (χ4v) is 2.37. The molecule has 1 atom stereocenters. The summed E-state index contributed by atoms with van der Waals surface area (Å²) in [6.45, 7) is 1.56. The standard InChI is InChI=1S/C17H17FN2O2S/c18-13-7-5-12(6-8-13)9-19-17(23)20-10-14-11-21-15-3-1-2-4-16(15)22-14/h1-8,14H,9-11H2,(H2,19,20,23)/t14-/m1/s1. The molecule has 1 aliphatic rings. The van der Waals surface area contributed by atoms with E-state index in [2.05, 4.69) is 10.6 Å². The normalized spacial score (nSPS) is 15.8. The van der Waals surface area contributed by atoms with Gasteiger partial charge < -0.3 is 20.1 Å². The van der Waals surface area contributed by atoms with Crippen molar-refractivity contribution in [2.24, 2.45) is 0 Å². The molecule has 4 nitrogen and oxygen atoms in total. The Labute approximate surface area is 139 Å². The zero-order valence-electron chi connectivity index (χ0n) is 12.4. The van der Waals surface area contributed by atoms with Crippen LogP contribution in [0.2, 0.25) is 0 Å². The largest absolute Gasteiger partial charge is 0.486 e. The number of rotatable bonds is 4. The summed E-state index contributed by atoms with van der Waals surface area (Å²) in [5, 5.41) is 6.71. The van der Waals surface area contributed by atoms with Gasteiger partial charge in [-0.15, -0.1) is 0 Å². The van der Waals surface area contributed by atoms with Gasteiger partial charge in [0.05, 0.1) is 6.54 Å². The van der Waals surface area contributed by atoms with E-state index in [1.807, 2.05) is 24.3 Å². The molecule has 0 amide bonds. The molecular weight excluding hydrogens is 315 g/mol. The molecule has 0 unspecified atom stereocenters. The topological polar surface area (TPSA) is 42.5 Å². The highest BCUT2D eigenvalue weighted by atomic mass is 32.1. The Bertz CT molecular complexity index is 679. The Kier molecular flexibility index (Phi) is 4.92. The highest BCUT2D eigenvalue weighted by Crippen LogP contribution is 2.30. The van der Waals surface area contributed by atoms with Crippen LogP contribution in [0.3, 0.4) is 0 Å². The summed E-state index contributed by atoms with van der Waals surface area (Å²) in [6, 6.07) is 13.9. The van der Waals surface area contributed by atoms with Gasteiger partial charge in [0.15, 0.2) is 16.6 Å². The van der Waals surface area contributed by atoms with Gasteiger partial charge in [0, 0.05) is 6.54 Å². The number of hydrogen-bond acceptors (Lipinski definition) is 3. The van der Waals surface area contributed by atoms with E-state index < -0.39 is 0 Å². The van der Waals surface area contributed by atoms with E-state index in [0.29, 0.717) is 24.8 Å². The molecule has 0 saturated carbocycles. The number of ether oxygens (including phenoxy) is 2. The van der Waals surface area contributed by atoms with E-state index in [-0.39, 0.29) is 11.9 Å². The van der Waals surface area contributed by atoms with Crippen molar-refractivity contribution in [2.45, 2.75) is 12.6 Å². The van der Waals surface area contributed by atoms with E-state index in [4.69, 9.17) is 21.7 Å². The van der Waals surface area contributed by atoms with Gasteiger partial charge in [0.2, 0.25) is 0 Å². The van der Waals surface area contributed by atoms with Crippen LogP contribution in [0.5, 0.6) is 11.5 Å². The van der Waals surface area contributed by atoms with Gasteiger partial charge >= 0.3 is 0 Å². The first-order valence-electron chi connectivity index (χ1n) is 7.35. The second kappa shape index (κ2) is 7.28. The first-order valence-corrected chi connectivity index (χ1v) is 7.76. The average molecular weight is 332 g/mol. The molecule has 2 aromatic carbocycles. The molecule has 0 fully saturated rings. The molecule has 0 aliphatic carbocycles. The van der Waals surface area contributed by atoms with Crippen LogP contribution in [0.1, 0.15) is 5.56 Å². The molecule has 1 heterocycles. The lowest BCUT2D eigenvalue weighted by molar-refractivity contribution is 0.0937. The zero-order valence-corrected chi connectivity index (χ0v) is 13.2. The van der Waals surface area contributed by atoms with Crippen LogP contribution in [0, 0.1) is 5.82 Å². The van der Waals surface area contributed by atoms with Crippen molar-refractivity contribution < 1.29 is 13.9 Å². The van der Waals surface area contributed by atoms with Gasteiger partial charge in [-0.3, -0.25) is 0 Å². The third-order valence-corrected chi connectivity index (χ3v) is 3.71. The number of halogens is 1. The summed E-state index contributed by atoms with van der Waals surface area (Å²) < 4.78 is 24.3. The average Bonchev–Trinajstić information content (AvgIpc) is 2.59. The highest BCUT2D eigenvalue weighted by molar-refractivity contribution is 7.80. The molecule has 2 aromatic rings. The molecule has 3 rings (SSSR count). The number of fused-ring (bicyclic) bond motifs is 1. The lowest BCUT2D eigenvalue weighted by Gasteiger charge is -2.27. The first kappa shape index (κ1) is 15.6. The molecule has 120 valence electrons. The predicted molar refractivity (Wildman–Crippen MR) is 90.2 cm³/mol. The molecule has 0 aromatic heterocycles. The summed E-state index contributed by atoms with van der Waals surface area (Å²) in [4.78, 5) is 0. The third-order valence-electron chi connectivity index (χ3n) is 3.42. The summed E-state index contributed by atoms with van der Waals surface area (Å²) in [5.41, 5.74) is 0.960. The smallest absolute Gasteiger partial charge is 0.166 e. The monoisotopic (exact) mass is 332 g/mol. The van der Waals surface area contributed by atoms with Crippen LogP contribution in [0.15, 0.2) is 48.5 Å². The minimum absolute atomic E-state index is 0.101. The third kappa shape index (κ3) is 4.32. The molecule has 0 bridgehead atoms. The quantitative estimate of drug-likeness (QED) is 0.843. The van der Waals surface area contributed by atoms with E-state index in [0.717, 1.165) is 17.1 Å². The van der Waals surface area contributed by atoms with Gasteiger partial charge in [0.1, 0.15) is 18.5 Å². The number of hydrogen-bond donors (Lipinski definition) is 2. The maximum Gasteiger partial charge on any atom is 0.166 e. The van der Waals surface area contributed by atoms with Gasteiger partial charge in [-0.05, 0) is 42.0 Å². The van der Waals surface area contributed by atoms with Gasteiger partial charge in [0.25, 0.3) is 0 Å². The minimum Gasteiger partial charge on any atom is -0.486 e. The molecular formula is C17H17FN2O2S. The van der Waals surface area contributed by atoms with Gasteiger partial charge in [-0.1, -0.05) is 24.3 Å². The Morgan fingerprint density at radius 3 is 2.61 bits per heavy atom. The lowest BCUT2D eigenvalue weighted by Crippen LogP contribution is -2.44. The first-order chi connectivity index (χ1) is 11.2. The van der Waals surface area contributed by atoms with Crippen LogP contribution in [0.25, 0.3) is 0 Å². The molecule has 2 N–H and O–H groups in total. The van der Waals surface area contributed by atoms with Crippen LogP contribution >= 0.6 is 12.2 Å². The van der Waals surface area contributed by atoms with Crippen molar-refractivity contribution in [1.29, 1.82) is 0 Å². The van der Waals surface area contributed by atoms with Gasteiger partial charge in [-0.2, -0.15) is 0 Å². The Hall–Kier alpha value is -2.34. The number of nitrogens with one attached hydrogen (secondary N) is 2. The van der Waals surface area contributed by atoms with E-state index in [1.54, 1.807) is 12.1 Å². The maximum absolute atomic E-state index is 12.8. The molecule has 0 saturated heterocycles. The second-order valence-electron chi connectivity index (χ2n) is 5.19. The fourth-order valence-electron chi connectivity index (χ4n) is 2.22.